The summed E-state index contributed by atoms with van der Waals surface area (Å²) < 4.78 is 4.63. The summed E-state index contributed by atoms with van der Waals surface area (Å²) in [6.07, 6.45) is 0.193. The first kappa shape index (κ1) is 9.98. The van der Waals surface area contributed by atoms with E-state index in [9.17, 15) is 9.90 Å². The van der Waals surface area contributed by atoms with E-state index >= 15 is 0 Å². The fraction of sp³-hybridized carbons (Fsp3) is 0.364. The lowest BCUT2D eigenvalue weighted by atomic mass is 9.99. The monoisotopic (exact) mass is 207 g/mol. The van der Waals surface area contributed by atoms with Crippen LogP contribution < -0.4 is 5.32 Å². The molecule has 15 heavy (non-hydrogen) atoms. The van der Waals surface area contributed by atoms with E-state index in [2.05, 4.69) is 10.1 Å². The maximum Gasteiger partial charge on any atom is 0.337 e. The summed E-state index contributed by atoms with van der Waals surface area (Å²) in [4.78, 5) is 11.3. The van der Waals surface area contributed by atoms with E-state index in [-0.39, 0.29) is 12.1 Å². The number of benzene rings is 1. The van der Waals surface area contributed by atoms with E-state index in [1.54, 1.807) is 12.1 Å². The Labute approximate surface area is 87.9 Å². The Balaban J connectivity index is 2.32. The van der Waals surface area contributed by atoms with Crippen molar-refractivity contribution < 1.29 is 14.6 Å². The number of ether oxygens (including phenoxy) is 1. The van der Waals surface area contributed by atoms with E-state index < -0.39 is 0 Å². The molecule has 0 amide bonds. The van der Waals surface area contributed by atoms with Gasteiger partial charge in [0.2, 0.25) is 0 Å². The highest BCUT2D eigenvalue weighted by Gasteiger charge is 2.17. The number of anilines is 1. The van der Waals surface area contributed by atoms with E-state index in [1.807, 2.05) is 6.07 Å². The number of rotatable bonds is 1. The standard InChI is InChI=1S/C11H13NO3/c1-15-11(14)7-2-3-10-8(4-7)5-9(13)6-12-10/h2-4,9,12-13H,5-6H2,1H3. The van der Waals surface area contributed by atoms with Crippen molar-refractivity contribution in [1.82, 2.24) is 0 Å². The van der Waals surface area contributed by atoms with Gasteiger partial charge in [-0.2, -0.15) is 0 Å². The molecule has 1 aliphatic heterocycles. The van der Waals surface area contributed by atoms with Crippen LogP contribution >= 0.6 is 0 Å². The first-order valence-corrected chi connectivity index (χ1v) is 4.84. The minimum atomic E-state index is -0.384. The molecule has 4 heteroatoms. The Morgan fingerprint density at radius 1 is 1.60 bits per heavy atom. The van der Waals surface area contributed by atoms with Gasteiger partial charge in [-0.15, -0.1) is 0 Å². The van der Waals surface area contributed by atoms with E-state index in [1.165, 1.54) is 7.11 Å². The molecule has 1 unspecified atom stereocenters. The molecule has 0 spiro atoms. The van der Waals surface area contributed by atoms with Gasteiger partial charge in [0, 0.05) is 18.7 Å². The number of methoxy groups -OCH3 is 1. The third kappa shape index (κ3) is 1.94. The lowest BCUT2D eigenvalue weighted by molar-refractivity contribution is 0.0600. The van der Waals surface area contributed by atoms with Gasteiger partial charge in [-0.3, -0.25) is 0 Å². The van der Waals surface area contributed by atoms with Crippen LogP contribution in [0.5, 0.6) is 0 Å². The van der Waals surface area contributed by atoms with Crippen LogP contribution in [0.1, 0.15) is 15.9 Å². The topological polar surface area (TPSA) is 58.6 Å². The summed E-state index contributed by atoms with van der Waals surface area (Å²) in [5.74, 6) is -0.349. The van der Waals surface area contributed by atoms with Crippen molar-refractivity contribution in [1.29, 1.82) is 0 Å². The number of carbonyl (C=O) groups is 1. The number of fused-ring (bicyclic) bond motifs is 1. The Hall–Kier alpha value is -1.55. The molecular formula is C11H13NO3. The first-order valence-electron chi connectivity index (χ1n) is 4.84. The SMILES string of the molecule is COC(=O)c1ccc2c(c1)CC(O)CN2. The highest BCUT2D eigenvalue weighted by Crippen LogP contribution is 2.23. The predicted molar refractivity (Wildman–Crippen MR) is 56.0 cm³/mol. The third-order valence-electron chi connectivity index (χ3n) is 2.51. The summed E-state index contributed by atoms with van der Waals surface area (Å²) in [6.45, 7) is 0.560. The van der Waals surface area contributed by atoms with Crippen LogP contribution in [-0.2, 0) is 11.2 Å². The Morgan fingerprint density at radius 2 is 2.40 bits per heavy atom. The fourth-order valence-corrected chi connectivity index (χ4v) is 1.73. The molecule has 0 radical (unpaired) electrons. The van der Waals surface area contributed by atoms with Gasteiger partial charge in [-0.1, -0.05) is 0 Å². The summed E-state index contributed by atoms with van der Waals surface area (Å²) in [5, 5.41) is 12.6. The van der Waals surface area contributed by atoms with Crippen LogP contribution in [0.15, 0.2) is 18.2 Å². The van der Waals surface area contributed by atoms with Gasteiger partial charge in [-0.25, -0.2) is 4.79 Å². The van der Waals surface area contributed by atoms with Crippen LogP contribution in [-0.4, -0.2) is 30.8 Å². The Morgan fingerprint density at radius 3 is 3.13 bits per heavy atom. The highest BCUT2D eigenvalue weighted by molar-refractivity contribution is 5.90. The largest absolute Gasteiger partial charge is 0.465 e. The van der Waals surface area contributed by atoms with Crippen molar-refractivity contribution in [3.63, 3.8) is 0 Å². The molecule has 0 bridgehead atoms. The van der Waals surface area contributed by atoms with E-state index in [4.69, 9.17) is 0 Å². The molecule has 0 saturated heterocycles. The number of β-amino-alcohol motifs (C(OH)–C–C–N with tert-alkyl or cyclic N) is 1. The van der Waals surface area contributed by atoms with Gasteiger partial charge in [0.1, 0.15) is 0 Å². The van der Waals surface area contributed by atoms with Crippen LogP contribution in [0.3, 0.4) is 0 Å². The zero-order valence-corrected chi connectivity index (χ0v) is 8.49. The summed E-state index contributed by atoms with van der Waals surface area (Å²) in [7, 11) is 1.36. The average molecular weight is 207 g/mol. The molecule has 0 saturated carbocycles. The number of esters is 1. The number of nitrogens with one attached hydrogen (secondary N) is 1. The zero-order chi connectivity index (χ0) is 10.8. The van der Waals surface area contributed by atoms with Crippen molar-refractivity contribution in [2.45, 2.75) is 12.5 Å². The second-order valence-corrected chi connectivity index (χ2v) is 3.60. The molecule has 0 aliphatic carbocycles. The summed E-state index contributed by atoms with van der Waals surface area (Å²) in [6, 6.07) is 5.32. The fourth-order valence-electron chi connectivity index (χ4n) is 1.73. The molecule has 1 heterocycles. The van der Waals surface area contributed by atoms with Crippen molar-refractivity contribution >= 4 is 11.7 Å². The smallest absolute Gasteiger partial charge is 0.337 e. The molecule has 4 nitrogen and oxygen atoms in total. The maximum absolute atomic E-state index is 11.3. The van der Waals surface area contributed by atoms with Gasteiger partial charge in [0.05, 0.1) is 18.8 Å². The van der Waals surface area contributed by atoms with Gasteiger partial charge >= 0.3 is 5.97 Å². The minimum Gasteiger partial charge on any atom is -0.465 e. The molecule has 1 aromatic rings. The Kier molecular flexibility index (Phi) is 2.60. The predicted octanol–water partition coefficient (Wildman–Crippen LogP) is 0.802. The lowest BCUT2D eigenvalue weighted by Gasteiger charge is -2.22. The highest BCUT2D eigenvalue weighted by atomic mass is 16.5. The molecular weight excluding hydrogens is 194 g/mol. The quantitative estimate of drug-likeness (QED) is 0.669. The van der Waals surface area contributed by atoms with E-state index in [0.717, 1.165) is 11.3 Å². The van der Waals surface area contributed by atoms with Crippen LogP contribution in [0, 0.1) is 0 Å². The first-order chi connectivity index (χ1) is 7.20. The van der Waals surface area contributed by atoms with Crippen LogP contribution in [0.4, 0.5) is 5.69 Å². The van der Waals surface area contributed by atoms with Gasteiger partial charge in [-0.05, 0) is 23.8 Å². The molecule has 1 atom stereocenters. The van der Waals surface area contributed by atoms with Crippen molar-refractivity contribution in [2.24, 2.45) is 0 Å². The summed E-state index contributed by atoms with van der Waals surface area (Å²) in [5.41, 5.74) is 2.46. The van der Waals surface area contributed by atoms with Crippen molar-refractivity contribution in [2.75, 3.05) is 19.0 Å². The molecule has 2 rings (SSSR count). The Bertz CT molecular complexity index is 389. The number of hydrogen-bond acceptors (Lipinski definition) is 4. The summed E-state index contributed by atoms with van der Waals surface area (Å²) >= 11 is 0. The zero-order valence-electron chi connectivity index (χ0n) is 8.49. The average Bonchev–Trinajstić information content (AvgIpc) is 2.27. The molecule has 1 aliphatic rings. The molecule has 2 N–H and O–H groups in total. The van der Waals surface area contributed by atoms with Gasteiger partial charge in [0.25, 0.3) is 0 Å². The maximum atomic E-state index is 11.3. The van der Waals surface area contributed by atoms with Crippen LogP contribution in [0.25, 0.3) is 0 Å². The van der Waals surface area contributed by atoms with Gasteiger partial charge < -0.3 is 15.2 Å². The van der Waals surface area contributed by atoms with Crippen molar-refractivity contribution in [3.05, 3.63) is 29.3 Å². The molecule has 0 aromatic heterocycles. The second kappa shape index (κ2) is 3.90. The third-order valence-corrected chi connectivity index (χ3v) is 2.51. The normalized spacial score (nSPS) is 18.9. The number of aliphatic hydroxyl groups is 1. The molecule has 1 aromatic carbocycles. The second-order valence-electron chi connectivity index (χ2n) is 3.60. The number of hydrogen-bond donors (Lipinski definition) is 2. The van der Waals surface area contributed by atoms with Gasteiger partial charge in [0.15, 0.2) is 0 Å². The molecule has 0 fully saturated rings. The lowest BCUT2D eigenvalue weighted by Crippen LogP contribution is -2.27. The van der Waals surface area contributed by atoms with Crippen molar-refractivity contribution in [3.8, 4) is 0 Å². The van der Waals surface area contributed by atoms with E-state index in [0.29, 0.717) is 18.5 Å². The minimum absolute atomic E-state index is 0.349. The molecule has 80 valence electrons. The number of carbonyl (C=O) groups excluding carboxylic acids is 1. The van der Waals surface area contributed by atoms with Crippen LogP contribution in [0.2, 0.25) is 0 Å². The number of aliphatic hydroxyl groups excluding tert-OH is 1.